The summed E-state index contributed by atoms with van der Waals surface area (Å²) in [6.07, 6.45) is 2.25. The number of rotatable bonds is 7. The standard InChI is InChI=1S/C26H24N2O5S/c1-19-18-27(34(32,33)23-14-12-22(13-15-23)28(30)31)25(17-21-10-6-3-7-11-21)26(29)24(19)16-20-8-4-2-5-9-20/h2-15,18,24-25H,16-17H2,1H3/t24?,25-/m0/s1. The van der Waals surface area contributed by atoms with E-state index in [-0.39, 0.29) is 22.8 Å². The minimum Gasteiger partial charge on any atom is -0.297 e. The van der Waals surface area contributed by atoms with E-state index in [9.17, 15) is 23.3 Å². The van der Waals surface area contributed by atoms with Gasteiger partial charge in [-0.1, -0.05) is 60.7 Å². The molecule has 1 heterocycles. The number of hydrogen-bond acceptors (Lipinski definition) is 5. The number of non-ortho nitro benzene ring substituents is 1. The van der Waals surface area contributed by atoms with Crippen molar-refractivity contribution in [2.24, 2.45) is 5.92 Å². The fourth-order valence-electron chi connectivity index (χ4n) is 4.20. The summed E-state index contributed by atoms with van der Waals surface area (Å²) in [4.78, 5) is 24.0. The maximum Gasteiger partial charge on any atom is 0.269 e. The van der Waals surface area contributed by atoms with Gasteiger partial charge in [0.15, 0.2) is 5.78 Å². The first-order valence-electron chi connectivity index (χ1n) is 10.9. The molecule has 0 aromatic heterocycles. The molecule has 0 aliphatic carbocycles. The number of hydrogen-bond donors (Lipinski definition) is 0. The summed E-state index contributed by atoms with van der Waals surface area (Å²) in [6.45, 7) is 1.77. The highest BCUT2D eigenvalue weighted by atomic mass is 32.2. The topological polar surface area (TPSA) is 97.6 Å². The third-order valence-corrected chi connectivity index (χ3v) is 7.82. The van der Waals surface area contributed by atoms with Crippen LogP contribution in [0.5, 0.6) is 0 Å². The van der Waals surface area contributed by atoms with Crippen LogP contribution in [0.25, 0.3) is 0 Å². The summed E-state index contributed by atoms with van der Waals surface area (Å²) in [6, 6.07) is 22.7. The van der Waals surface area contributed by atoms with Gasteiger partial charge in [0.05, 0.1) is 9.82 Å². The van der Waals surface area contributed by atoms with Crippen molar-refractivity contribution in [2.45, 2.75) is 30.7 Å². The van der Waals surface area contributed by atoms with Crippen molar-refractivity contribution >= 4 is 21.5 Å². The number of carbonyl (C=O) groups excluding carboxylic acids is 1. The Kier molecular flexibility index (Phi) is 6.61. The number of allylic oxidation sites excluding steroid dienone is 1. The Hall–Kier alpha value is -3.78. The first-order valence-corrected chi connectivity index (χ1v) is 12.3. The summed E-state index contributed by atoms with van der Waals surface area (Å²) in [5.74, 6) is -0.613. The van der Waals surface area contributed by atoms with Crippen LogP contribution in [-0.4, -0.2) is 29.5 Å². The molecule has 0 N–H and O–H groups in total. The number of sulfonamides is 1. The summed E-state index contributed by atoms with van der Waals surface area (Å²) in [7, 11) is -4.12. The normalized spacial score (nSPS) is 18.4. The van der Waals surface area contributed by atoms with Crippen molar-refractivity contribution in [1.82, 2.24) is 4.31 Å². The van der Waals surface area contributed by atoms with Crippen molar-refractivity contribution in [3.05, 3.63) is 118 Å². The molecule has 0 radical (unpaired) electrons. The molecule has 8 heteroatoms. The monoisotopic (exact) mass is 476 g/mol. The highest BCUT2D eigenvalue weighted by Crippen LogP contribution is 2.33. The second-order valence-electron chi connectivity index (χ2n) is 8.31. The van der Waals surface area contributed by atoms with Gasteiger partial charge in [-0.2, -0.15) is 0 Å². The van der Waals surface area contributed by atoms with Gasteiger partial charge in [0, 0.05) is 30.7 Å². The van der Waals surface area contributed by atoms with E-state index < -0.39 is 26.9 Å². The number of nitrogens with zero attached hydrogens (tertiary/aromatic N) is 2. The molecule has 0 amide bonds. The van der Waals surface area contributed by atoms with Gasteiger partial charge in [-0.15, -0.1) is 0 Å². The van der Waals surface area contributed by atoms with Gasteiger partial charge in [0.25, 0.3) is 15.7 Å². The zero-order chi connectivity index (χ0) is 24.3. The predicted molar refractivity (Wildman–Crippen MR) is 128 cm³/mol. The van der Waals surface area contributed by atoms with E-state index in [0.717, 1.165) is 27.6 Å². The van der Waals surface area contributed by atoms with Gasteiger partial charge in [0.1, 0.15) is 6.04 Å². The molecule has 4 rings (SSSR count). The Morgan fingerprint density at radius 3 is 1.91 bits per heavy atom. The largest absolute Gasteiger partial charge is 0.297 e. The number of Topliss-reactive ketones (excluding diaryl/α,β-unsaturated/α-hetero) is 1. The fourth-order valence-corrected chi connectivity index (χ4v) is 5.74. The third-order valence-electron chi connectivity index (χ3n) is 6.04. The van der Waals surface area contributed by atoms with Crippen LogP contribution in [0.3, 0.4) is 0 Å². The predicted octanol–water partition coefficient (Wildman–Crippen LogP) is 4.54. The Morgan fingerprint density at radius 1 is 0.853 bits per heavy atom. The first-order chi connectivity index (χ1) is 16.3. The molecule has 7 nitrogen and oxygen atoms in total. The van der Waals surface area contributed by atoms with Crippen molar-refractivity contribution in [3.8, 4) is 0 Å². The number of nitro groups is 1. The van der Waals surface area contributed by atoms with Crippen LogP contribution < -0.4 is 0 Å². The number of carbonyl (C=O) groups is 1. The van der Waals surface area contributed by atoms with Crippen LogP contribution in [0, 0.1) is 16.0 Å². The molecule has 0 saturated carbocycles. The van der Waals surface area contributed by atoms with Gasteiger partial charge in [0.2, 0.25) is 0 Å². The molecule has 3 aromatic carbocycles. The minimum absolute atomic E-state index is 0.102. The van der Waals surface area contributed by atoms with Crippen LogP contribution >= 0.6 is 0 Å². The number of benzene rings is 3. The second kappa shape index (κ2) is 9.61. The van der Waals surface area contributed by atoms with Crippen LogP contribution in [0.4, 0.5) is 5.69 Å². The van der Waals surface area contributed by atoms with E-state index in [1.165, 1.54) is 12.1 Å². The quantitative estimate of drug-likeness (QED) is 0.368. The molecule has 174 valence electrons. The lowest BCUT2D eigenvalue weighted by atomic mass is 9.82. The van der Waals surface area contributed by atoms with Gasteiger partial charge in [-0.05, 0) is 42.2 Å². The van der Waals surface area contributed by atoms with Crippen molar-refractivity contribution in [3.63, 3.8) is 0 Å². The van der Waals surface area contributed by atoms with E-state index in [4.69, 9.17) is 0 Å². The van der Waals surface area contributed by atoms with Crippen LogP contribution in [0.15, 0.2) is 102 Å². The van der Waals surface area contributed by atoms with Gasteiger partial charge in [-0.3, -0.25) is 19.2 Å². The Bertz CT molecular complexity index is 1320. The molecular weight excluding hydrogens is 452 g/mol. The lowest BCUT2D eigenvalue weighted by Gasteiger charge is -2.37. The van der Waals surface area contributed by atoms with E-state index in [2.05, 4.69) is 0 Å². The maximum absolute atomic E-state index is 13.7. The molecule has 0 bridgehead atoms. The van der Waals surface area contributed by atoms with Gasteiger partial charge in [-0.25, -0.2) is 8.42 Å². The lowest BCUT2D eigenvalue weighted by Crippen LogP contribution is -2.49. The van der Waals surface area contributed by atoms with Crippen LogP contribution in [-0.2, 0) is 27.7 Å². The Labute approximate surface area is 198 Å². The summed E-state index contributed by atoms with van der Waals surface area (Å²) >= 11 is 0. The molecule has 0 fully saturated rings. The first kappa shape index (κ1) is 23.4. The van der Waals surface area contributed by atoms with Crippen LogP contribution in [0.1, 0.15) is 18.1 Å². The smallest absolute Gasteiger partial charge is 0.269 e. The van der Waals surface area contributed by atoms with Crippen molar-refractivity contribution in [1.29, 1.82) is 0 Å². The summed E-state index contributed by atoms with van der Waals surface area (Å²) < 4.78 is 28.3. The second-order valence-corrected chi connectivity index (χ2v) is 10.2. The summed E-state index contributed by atoms with van der Waals surface area (Å²) in [5.41, 5.74) is 2.29. The number of ketones is 1. The molecule has 0 spiro atoms. The molecule has 1 aliphatic rings. The minimum atomic E-state index is -4.12. The zero-order valence-corrected chi connectivity index (χ0v) is 19.4. The van der Waals surface area contributed by atoms with E-state index in [1.807, 2.05) is 60.7 Å². The van der Waals surface area contributed by atoms with E-state index in [1.54, 1.807) is 13.1 Å². The molecule has 1 unspecified atom stereocenters. The average Bonchev–Trinajstić information content (AvgIpc) is 2.84. The number of nitro benzene ring substituents is 1. The highest BCUT2D eigenvalue weighted by Gasteiger charge is 2.41. The average molecular weight is 477 g/mol. The van der Waals surface area contributed by atoms with E-state index >= 15 is 0 Å². The fraction of sp³-hybridized carbons (Fsp3) is 0.192. The van der Waals surface area contributed by atoms with Gasteiger partial charge < -0.3 is 0 Å². The van der Waals surface area contributed by atoms with Gasteiger partial charge >= 0.3 is 0 Å². The molecule has 2 atom stereocenters. The molecule has 1 aliphatic heterocycles. The Balaban J connectivity index is 1.74. The van der Waals surface area contributed by atoms with E-state index in [0.29, 0.717) is 12.0 Å². The Morgan fingerprint density at radius 2 is 1.38 bits per heavy atom. The lowest BCUT2D eigenvalue weighted by molar-refractivity contribution is -0.384. The highest BCUT2D eigenvalue weighted by molar-refractivity contribution is 7.89. The molecule has 3 aromatic rings. The SMILES string of the molecule is CC1=CN(S(=O)(=O)c2ccc([N+](=O)[O-])cc2)[C@@H](Cc2ccccc2)C(=O)C1Cc1ccccc1. The van der Waals surface area contributed by atoms with Crippen LogP contribution in [0.2, 0.25) is 0 Å². The zero-order valence-electron chi connectivity index (χ0n) is 18.6. The van der Waals surface area contributed by atoms with Crippen molar-refractivity contribution in [2.75, 3.05) is 0 Å². The van der Waals surface area contributed by atoms with Crippen molar-refractivity contribution < 1.29 is 18.1 Å². The molecular formula is C26H24N2O5S. The molecule has 34 heavy (non-hydrogen) atoms. The maximum atomic E-state index is 13.7. The summed E-state index contributed by atoms with van der Waals surface area (Å²) in [5, 5.41) is 11.0. The molecule has 0 saturated heterocycles. The third kappa shape index (κ3) is 4.77.